The number of nitrogens with zero attached hydrogens (tertiary/aromatic N) is 4. The summed E-state index contributed by atoms with van der Waals surface area (Å²) in [6.45, 7) is 6.12. The van der Waals surface area contributed by atoms with E-state index in [1.807, 2.05) is 32.0 Å². The lowest BCUT2D eigenvalue weighted by Crippen LogP contribution is -1.98. The molecule has 0 N–H and O–H groups in total. The number of rotatable bonds is 7. The van der Waals surface area contributed by atoms with E-state index >= 15 is 0 Å². The average Bonchev–Trinajstić information content (AvgIpc) is 3.25. The van der Waals surface area contributed by atoms with Crippen molar-refractivity contribution < 1.29 is 8.94 Å². The number of benzene rings is 1. The van der Waals surface area contributed by atoms with Crippen molar-refractivity contribution in [1.29, 1.82) is 0 Å². The average molecular weight is 344 g/mol. The highest BCUT2D eigenvalue weighted by Gasteiger charge is 2.19. The minimum atomic E-state index is -0.0300. The van der Waals surface area contributed by atoms with E-state index in [-0.39, 0.29) is 5.25 Å². The van der Waals surface area contributed by atoms with Gasteiger partial charge in [-0.3, -0.25) is 0 Å². The summed E-state index contributed by atoms with van der Waals surface area (Å²) in [5.41, 5.74) is 1.26. The zero-order valence-corrected chi connectivity index (χ0v) is 14.8. The third kappa shape index (κ3) is 4.03. The summed E-state index contributed by atoms with van der Waals surface area (Å²) in [5.74, 6) is 2.25. The summed E-state index contributed by atoms with van der Waals surface area (Å²) in [6, 6.07) is 10.3. The molecule has 7 heteroatoms. The quantitative estimate of drug-likeness (QED) is 0.594. The number of thioether (sulfide) groups is 1. The zero-order valence-electron chi connectivity index (χ0n) is 14.0. The van der Waals surface area contributed by atoms with Crippen molar-refractivity contribution in [1.82, 2.24) is 20.3 Å². The lowest BCUT2D eigenvalue weighted by molar-refractivity contribution is 0.372. The maximum absolute atomic E-state index is 5.75. The maximum Gasteiger partial charge on any atom is 0.277 e. The largest absolute Gasteiger partial charge is 0.416 e. The van der Waals surface area contributed by atoms with E-state index in [4.69, 9.17) is 8.94 Å². The predicted octanol–water partition coefficient (Wildman–Crippen LogP) is 4.21. The SMILES string of the molecule is CCc1noc(C(C)Sc2nnc(CC(C)c3ccccc3)o2)n1. The second kappa shape index (κ2) is 7.61. The highest BCUT2D eigenvalue weighted by Crippen LogP contribution is 2.33. The first-order chi connectivity index (χ1) is 11.7. The monoisotopic (exact) mass is 344 g/mol. The number of aryl methyl sites for hydroxylation is 1. The fourth-order valence-corrected chi connectivity index (χ4v) is 3.04. The molecule has 0 radical (unpaired) electrons. The second-order valence-electron chi connectivity index (χ2n) is 5.64. The molecular weight excluding hydrogens is 324 g/mol. The van der Waals surface area contributed by atoms with Crippen LogP contribution < -0.4 is 0 Å². The molecule has 2 atom stereocenters. The molecule has 6 nitrogen and oxygen atoms in total. The van der Waals surface area contributed by atoms with Gasteiger partial charge in [0.2, 0.25) is 11.8 Å². The van der Waals surface area contributed by atoms with Gasteiger partial charge in [-0.15, -0.1) is 10.2 Å². The molecule has 2 unspecified atom stereocenters. The van der Waals surface area contributed by atoms with Gasteiger partial charge >= 0.3 is 0 Å². The lowest BCUT2D eigenvalue weighted by atomic mass is 9.98. The first kappa shape index (κ1) is 16.7. The van der Waals surface area contributed by atoms with Crippen molar-refractivity contribution in [2.24, 2.45) is 0 Å². The van der Waals surface area contributed by atoms with Crippen LogP contribution in [0.2, 0.25) is 0 Å². The Morgan fingerprint density at radius 1 is 1.12 bits per heavy atom. The van der Waals surface area contributed by atoms with Crippen LogP contribution in [0.5, 0.6) is 0 Å². The Bertz CT molecular complexity index is 772. The van der Waals surface area contributed by atoms with Gasteiger partial charge < -0.3 is 8.94 Å². The van der Waals surface area contributed by atoms with Crippen LogP contribution in [0.1, 0.15) is 55.1 Å². The highest BCUT2D eigenvalue weighted by molar-refractivity contribution is 7.99. The molecule has 0 spiro atoms. The van der Waals surface area contributed by atoms with E-state index in [0.29, 0.717) is 35.2 Å². The van der Waals surface area contributed by atoms with E-state index in [0.717, 1.165) is 6.42 Å². The topological polar surface area (TPSA) is 77.8 Å². The molecule has 0 bridgehead atoms. The van der Waals surface area contributed by atoms with Gasteiger partial charge in [0.05, 0.1) is 5.25 Å². The summed E-state index contributed by atoms with van der Waals surface area (Å²) in [7, 11) is 0. The molecule has 3 rings (SSSR count). The Balaban J connectivity index is 1.61. The van der Waals surface area contributed by atoms with Crippen LogP contribution in [0, 0.1) is 0 Å². The van der Waals surface area contributed by atoms with Crippen molar-refractivity contribution in [2.45, 2.75) is 50.0 Å². The molecule has 24 heavy (non-hydrogen) atoms. The third-order valence-electron chi connectivity index (χ3n) is 3.72. The highest BCUT2D eigenvalue weighted by atomic mass is 32.2. The van der Waals surface area contributed by atoms with Gasteiger partial charge in [0.25, 0.3) is 5.22 Å². The maximum atomic E-state index is 5.75. The first-order valence-electron chi connectivity index (χ1n) is 8.02. The van der Waals surface area contributed by atoms with Crippen molar-refractivity contribution in [3.05, 3.63) is 53.5 Å². The summed E-state index contributed by atoms with van der Waals surface area (Å²) in [6.07, 6.45) is 1.47. The Labute approximate surface area is 145 Å². The second-order valence-corrected chi connectivity index (χ2v) is 6.93. The number of hydrogen-bond donors (Lipinski definition) is 0. The van der Waals surface area contributed by atoms with Gasteiger partial charge in [-0.05, 0) is 18.4 Å². The zero-order chi connectivity index (χ0) is 16.9. The van der Waals surface area contributed by atoms with E-state index in [9.17, 15) is 0 Å². The molecule has 0 fully saturated rings. The number of aromatic nitrogens is 4. The van der Waals surface area contributed by atoms with Crippen LogP contribution in [-0.4, -0.2) is 20.3 Å². The van der Waals surface area contributed by atoms with Gasteiger partial charge in [0, 0.05) is 12.8 Å². The van der Waals surface area contributed by atoms with Crippen molar-refractivity contribution in [2.75, 3.05) is 0 Å². The standard InChI is InChI=1S/C17H20N4O2S/c1-4-14-18-16(23-21-14)12(3)24-17-20-19-15(22-17)10-11(2)13-8-6-5-7-9-13/h5-9,11-12H,4,10H2,1-3H3. The molecule has 0 saturated heterocycles. The molecule has 2 aromatic heterocycles. The van der Waals surface area contributed by atoms with Gasteiger partial charge in [-0.1, -0.05) is 61.1 Å². The van der Waals surface area contributed by atoms with Gasteiger partial charge in [0.1, 0.15) is 0 Å². The molecule has 126 valence electrons. The molecule has 0 aliphatic carbocycles. The molecule has 3 aromatic rings. The van der Waals surface area contributed by atoms with Crippen LogP contribution >= 0.6 is 11.8 Å². The van der Waals surface area contributed by atoms with Gasteiger partial charge in [-0.25, -0.2) is 0 Å². The van der Waals surface area contributed by atoms with Crippen LogP contribution in [0.25, 0.3) is 0 Å². The smallest absolute Gasteiger partial charge is 0.277 e. The Morgan fingerprint density at radius 3 is 2.62 bits per heavy atom. The molecule has 0 aliphatic rings. The van der Waals surface area contributed by atoms with Crippen LogP contribution in [-0.2, 0) is 12.8 Å². The summed E-state index contributed by atoms with van der Waals surface area (Å²) in [4.78, 5) is 4.33. The Kier molecular flexibility index (Phi) is 5.30. The molecular formula is C17H20N4O2S. The van der Waals surface area contributed by atoms with Crippen LogP contribution in [0.4, 0.5) is 0 Å². The van der Waals surface area contributed by atoms with E-state index in [1.165, 1.54) is 17.3 Å². The third-order valence-corrected chi connectivity index (χ3v) is 4.64. The van der Waals surface area contributed by atoms with Crippen LogP contribution in [0.15, 0.2) is 44.5 Å². The van der Waals surface area contributed by atoms with E-state index < -0.39 is 0 Å². The lowest BCUT2D eigenvalue weighted by Gasteiger charge is -2.08. The molecule has 0 aliphatic heterocycles. The van der Waals surface area contributed by atoms with E-state index in [2.05, 4.69) is 39.4 Å². The molecule has 0 saturated carbocycles. The van der Waals surface area contributed by atoms with Crippen molar-refractivity contribution in [3.63, 3.8) is 0 Å². The van der Waals surface area contributed by atoms with Gasteiger partial charge in [-0.2, -0.15) is 4.98 Å². The summed E-state index contributed by atoms with van der Waals surface area (Å²) >= 11 is 1.43. The fraction of sp³-hybridized carbons (Fsp3) is 0.412. The Morgan fingerprint density at radius 2 is 1.92 bits per heavy atom. The van der Waals surface area contributed by atoms with Gasteiger partial charge in [0.15, 0.2) is 5.82 Å². The molecule has 1 aromatic carbocycles. The van der Waals surface area contributed by atoms with Crippen molar-refractivity contribution in [3.8, 4) is 0 Å². The van der Waals surface area contributed by atoms with Crippen LogP contribution in [0.3, 0.4) is 0 Å². The van der Waals surface area contributed by atoms with Crippen molar-refractivity contribution >= 4 is 11.8 Å². The first-order valence-corrected chi connectivity index (χ1v) is 8.90. The fourth-order valence-electron chi connectivity index (χ4n) is 2.31. The normalized spacial score (nSPS) is 13.8. The summed E-state index contributed by atoms with van der Waals surface area (Å²) < 4.78 is 11.0. The Hall–Kier alpha value is -2.15. The van der Waals surface area contributed by atoms with E-state index in [1.54, 1.807) is 0 Å². The summed E-state index contributed by atoms with van der Waals surface area (Å²) in [5, 5.41) is 12.7. The predicted molar refractivity (Wildman–Crippen MR) is 90.8 cm³/mol. The minimum absolute atomic E-state index is 0.0300. The minimum Gasteiger partial charge on any atom is -0.416 e. The number of hydrogen-bond acceptors (Lipinski definition) is 7. The molecule has 2 heterocycles. The molecule has 0 amide bonds.